The van der Waals surface area contributed by atoms with Gasteiger partial charge in [-0.15, -0.1) is 0 Å². The number of nitrogens with one attached hydrogen (secondary N) is 1. The van der Waals surface area contributed by atoms with Gasteiger partial charge in [-0.25, -0.2) is 14.8 Å². The fourth-order valence-corrected chi connectivity index (χ4v) is 7.18. The summed E-state index contributed by atoms with van der Waals surface area (Å²) in [4.78, 5) is 41.3. The summed E-state index contributed by atoms with van der Waals surface area (Å²) in [6, 6.07) is 6.81. The Hall–Kier alpha value is -2.46. The van der Waals surface area contributed by atoms with Crippen molar-refractivity contribution in [2.24, 2.45) is 0 Å². The zero-order valence-corrected chi connectivity index (χ0v) is 25.5. The van der Waals surface area contributed by atoms with Crippen LogP contribution in [-0.2, 0) is 11.3 Å². The van der Waals surface area contributed by atoms with Crippen molar-refractivity contribution in [3.8, 4) is 0 Å². The average Bonchev–Trinajstić information content (AvgIpc) is 2.98. The monoisotopic (exact) mass is 602 g/mol. The number of esters is 1. The predicted octanol–water partition coefficient (Wildman–Crippen LogP) is 4.81. The van der Waals surface area contributed by atoms with Crippen molar-refractivity contribution in [3.63, 3.8) is 0 Å². The summed E-state index contributed by atoms with van der Waals surface area (Å²) < 4.78 is 5.27. The van der Waals surface area contributed by atoms with E-state index in [4.69, 9.17) is 27.9 Å². The highest BCUT2D eigenvalue weighted by atomic mass is 35.5. The number of rotatable bonds is 8. The van der Waals surface area contributed by atoms with E-state index in [0.717, 1.165) is 57.4 Å². The van der Waals surface area contributed by atoms with Gasteiger partial charge in [0.2, 0.25) is 0 Å². The quantitative estimate of drug-likeness (QED) is 0.431. The number of nitrogens with zero attached hydrogens (tertiary/aromatic N) is 5. The summed E-state index contributed by atoms with van der Waals surface area (Å²) in [6.07, 6.45) is 8.41. The van der Waals surface area contributed by atoms with E-state index in [1.807, 2.05) is 26.0 Å². The van der Waals surface area contributed by atoms with Gasteiger partial charge in [-0.2, -0.15) is 0 Å². The fraction of sp³-hybridized carbons (Fsp3) is 0.600. The molecule has 9 nitrogen and oxygen atoms in total. The Balaban J connectivity index is 1.23. The summed E-state index contributed by atoms with van der Waals surface area (Å²) in [5, 5.41) is 3.60. The molecule has 0 radical (unpaired) electrons. The molecular formula is C30H40Cl2N6O3. The highest BCUT2D eigenvalue weighted by molar-refractivity contribution is 6.32. The normalized spacial score (nSPS) is 22.3. The Kier molecular flexibility index (Phi) is 10.0. The molecule has 0 spiro atoms. The van der Waals surface area contributed by atoms with Gasteiger partial charge < -0.3 is 15.0 Å². The molecule has 5 rings (SSSR count). The third-order valence-electron chi connectivity index (χ3n) is 8.66. The first-order valence-corrected chi connectivity index (χ1v) is 15.7. The molecule has 1 aromatic heterocycles. The van der Waals surface area contributed by atoms with Crippen molar-refractivity contribution >= 4 is 40.9 Å². The number of amides is 1. The number of halogens is 2. The SMILES string of the molecule is CCNC(=O)c1cnc(N2CCN(C3CCN(Cc4ccc(Cl)cc4C(=O)OCC)CC3)[C@@H]3CCCC[C@@H]32)c(Cl)n1. The smallest absolute Gasteiger partial charge is 0.338 e. The number of fused-ring (bicyclic) bond motifs is 1. The summed E-state index contributed by atoms with van der Waals surface area (Å²) in [5.74, 6) is 0.115. The van der Waals surface area contributed by atoms with Gasteiger partial charge in [0, 0.05) is 49.3 Å². The van der Waals surface area contributed by atoms with Gasteiger partial charge in [0.1, 0.15) is 5.69 Å². The van der Waals surface area contributed by atoms with E-state index < -0.39 is 0 Å². The number of ether oxygens (including phenoxy) is 1. The Morgan fingerprint density at radius 2 is 1.78 bits per heavy atom. The van der Waals surface area contributed by atoms with E-state index in [-0.39, 0.29) is 17.6 Å². The Bertz CT molecular complexity index is 1240. The first kappa shape index (κ1) is 30.0. The topological polar surface area (TPSA) is 90.9 Å². The van der Waals surface area contributed by atoms with Crippen LogP contribution in [0.3, 0.4) is 0 Å². The number of anilines is 1. The van der Waals surface area contributed by atoms with Crippen LogP contribution in [0.4, 0.5) is 5.82 Å². The fourth-order valence-electron chi connectivity index (χ4n) is 6.76. The van der Waals surface area contributed by atoms with Crippen LogP contribution in [0.15, 0.2) is 24.4 Å². The first-order valence-electron chi connectivity index (χ1n) is 14.9. The lowest BCUT2D eigenvalue weighted by Gasteiger charge is -2.54. The number of hydrogen-bond donors (Lipinski definition) is 1. The lowest BCUT2D eigenvalue weighted by Crippen LogP contribution is -2.64. The van der Waals surface area contributed by atoms with E-state index in [2.05, 4.69) is 30.0 Å². The van der Waals surface area contributed by atoms with Gasteiger partial charge in [0.05, 0.1) is 18.4 Å². The van der Waals surface area contributed by atoms with Gasteiger partial charge >= 0.3 is 5.97 Å². The molecule has 3 fully saturated rings. The number of likely N-dealkylation sites (tertiary alicyclic amines) is 1. The maximum absolute atomic E-state index is 12.5. The third-order valence-corrected chi connectivity index (χ3v) is 9.15. The maximum atomic E-state index is 12.5. The van der Waals surface area contributed by atoms with Crippen molar-refractivity contribution in [2.45, 2.75) is 77.0 Å². The van der Waals surface area contributed by atoms with Crippen LogP contribution < -0.4 is 10.2 Å². The minimum atomic E-state index is -0.315. The van der Waals surface area contributed by atoms with Crippen LogP contribution in [0.2, 0.25) is 10.2 Å². The van der Waals surface area contributed by atoms with Crippen LogP contribution in [0.5, 0.6) is 0 Å². The zero-order chi connectivity index (χ0) is 28.9. The van der Waals surface area contributed by atoms with Crippen molar-refractivity contribution in [2.75, 3.05) is 44.2 Å². The third kappa shape index (κ3) is 6.79. The lowest BCUT2D eigenvalue weighted by molar-refractivity contribution is 0.0298. The molecule has 1 saturated carbocycles. The highest BCUT2D eigenvalue weighted by Crippen LogP contribution is 2.37. The molecule has 1 amide bonds. The predicted molar refractivity (Wildman–Crippen MR) is 161 cm³/mol. The number of hydrogen-bond acceptors (Lipinski definition) is 8. The Morgan fingerprint density at radius 1 is 1.02 bits per heavy atom. The van der Waals surface area contributed by atoms with Gasteiger partial charge in [-0.05, 0) is 70.3 Å². The summed E-state index contributed by atoms with van der Waals surface area (Å²) >= 11 is 12.8. The molecule has 2 atom stereocenters. The van der Waals surface area contributed by atoms with Gasteiger partial charge in [-0.1, -0.05) is 42.1 Å². The van der Waals surface area contributed by atoms with Crippen LogP contribution in [0.1, 0.15) is 78.8 Å². The lowest BCUT2D eigenvalue weighted by atomic mass is 9.84. The molecule has 0 unspecified atom stereocenters. The van der Waals surface area contributed by atoms with Crippen LogP contribution in [-0.4, -0.2) is 89.1 Å². The molecule has 3 heterocycles. The number of benzene rings is 1. The van der Waals surface area contributed by atoms with Crippen molar-refractivity contribution < 1.29 is 14.3 Å². The van der Waals surface area contributed by atoms with Gasteiger partial charge in [-0.3, -0.25) is 14.6 Å². The Morgan fingerprint density at radius 3 is 2.49 bits per heavy atom. The average molecular weight is 604 g/mol. The summed E-state index contributed by atoms with van der Waals surface area (Å²) in [5.41, 5.74) is 1.77. The second-order valence-corrected chi connectivity index (χ2v) is 11.9. The molecule has 1 aromatic carbocycles. The molecule has 2 saturated heterocycles. The van der Waals surface area contributed by atoms with Crippen molar-refractivity contribution in [1.29, 1.82) is 0 Å². The van der Waals surface area contributed by atoms with Crippen LogP contribution in [0.25, 0.3) is 0 Å². The van der Waals surface area contributed by atoms with Crippen LogP contribution >= 0.6 is 23.2 Å². The molecule has 1 N–H and O–H groups in total. The van der Waals surface area contributed by atoms with E-state index in [1.54, 1.807) is 12.3 Å². The first-order chi connectivity index (χ1) is 19.9. The van der Waals surface area contributed by atoms with E-state index >= 15 is 0 Å². The standard InChI is InChI=1S/C30H40Cl2N6O3/c1-3-33-29(39)24-18-34-28(27(32)35-24)38-16-15-37(25-7-5-6-8-26(25)38)22-11-13-36(14-12-22)19-20-9-10-21(31)17-23(20)30(40)41-4-2/h9-10,17-18,22,25-26H,3-8,11-16,19H2,1-2H3,(H,33,39)/t25-,26+/m1/s1. The largest absolute Gasteiger partial charge is 0.462 e. The second kappa shape index (κ2) is 13.7. The van der Waals surface area contributed by atoms with E-state index in [1.165, 1.54) is 12.8 Å². The molecule has 3 aliphatic rings. The van der Waals surface area contributed by atoms with Gasteiger partial charge in [0.25, 0.3) is 5.91 Å². The highest BCUT2D eigenvalue weighted by Gasteiger charge is 2.42. The molecule has 1 aliphatic carbocycles. The summed E-state index contributed by atoms with van der Waals surface area (Å²) in [7, 11) is 0. The van der Waals surface area contributed by atoms with Crippen molar-refractivity contribution in [3.05, 3.63) is 51.4 Å². The second-order valence-electron chi connectivity index (χ2n) is 11.1. The van der Waals surface area contributed by atoms with Crippen LogP contribution in [0, 0.1) is 0 Å². The molecular weight excluding hydrogens is 563 g/mol. The summed E-state index contributed by atoms with van der Waals surface area (Å²) in [6.45, 7) is 9.01. The van der Waals surface area contributed by atoms with E-state index in [0.29, 0.717) is 59.4 Å². The number of piperazine rings is 1. The molecule has 11 heteroatoms. The minimum Gasteiger partial charge on any atom is -0.462 e. The molecule has 222 valence electrons. The van der Waals surface area contributed by atoms with Crippen molar-refractivity contribution in [1.82, 2.24) is 25.1 Å². The molecule has 41 heavy (non-hydrogen) atoms. The van der Waals surface area contributed by atoms with E-state index in [9.17, 15) is 9.59 Å². The number of carbonyl (C=O) groups excluding carboxylic acids is 2. The minimum absolute atomic E-state index is 0.249. The molecule has 2 aliphatic heterocycles. The van der Waals surface area contributed by atoms with Gasteiger partial charge in [0.15, 0.2) is 11.0 Å². The number of carbonyl (C=O) groups is 2. The zero-order valence-electron chi connectivity index (χ0n) is 24.0. The maximum Gasteiger partial charge on any atom is 0.338 e. The molecule has 2 aromatic rings. The Labute approximate surface area is 252 Å². The number of aromatic nitrogens is 2. The number of piperidine rings is 1. The molecule has 0 bridgehead atoms.